The molecule has 5 aromatic rings. The lowest BCUT2D eigenvalue weighted by atomic mass is 10.1. The third-order valence-corrected chi connectivity index (χ3v) is 7.14. The van der Waals surface area contributed by atoms with E-state index in [0.29, 0.717) is 24.3 Å². The second kappa shape index (κ2) is 8.49. The molecule has 1 fully saturated rings. The molecule has 10 heteroatoms. The molecule has 2 N–H and O–H groups in total. The van der Waals surface area contributed by atoms with Gasteiger partial charge >= 0.3 is 0 Å². The summed E-state index contributed by atoms with van der Waals surface area (Å²) in [6, 6.07) is 7.65. The van der Waals surface area contributed by atoms with Crippen molar-refractivity contribution in [3.63, 3.8) is 0 Å². The molecule has 1 saturated heterocycles. The number of carbonyl (C=O) groups is 2. The SMILES string of the molecule is CN1CCN(C(=O)CNC(=O)c2ccc3c(c2)c(-c2cc4c(ncc5c[nH]n(C)c54)n2)cn3C)CC1. The maximum absolute atomic E-state index is 12.9. The number of fused-ring (bicyclic) bond motifs is 4. The van der Waals surface area contributed by atoms with Crippen molar-refractivity contribution < 1.29 is 9.59 Å². The van der Waals surface area contributed by atoms with Crippen molar-refractivity contribution in [2.75, 3.05) is 39.8 Å². The molecule has 36 heavy (non-hydrogen) atoms. The Balaban J connectivity index is 1.29. The van der Waals surface area contributed by atoms with E-state index in [1.54, 1.807) is 11.0 Å². The van der Waals surface area contributed by atoms with Crippen LogP contribution in [0.2, 0.25) is 0 Å². The zero-order chi connectivity index (χ0) is 25.0. The van der Waals surface area contributed by atoms with E-state index < -0.39 is 0 Å². The minimum absolute atomic E-state index is 0.00657. The van der Waals surface area contributed by atoms with E-state index >= 15 is 0 Å². The molecule has 1 aliphatic rings. The van der Waals surface area contributed by atoms with E-state index in [2.05, 4.69) is 26.4 Å². The van der Waals surface area contributed by atoms with Gasteiger partial charge in [0.25, 0.3) is 5.91 Å². The summed E-state index contributed by atoms with van der Waals surface area (Å²) in [5.41, 5.74) is 4.96. The van der Waals surface area contributed by atoms with Crippen LogP contribution in [0.15, 0.2) is 42.9 Å². The number of rotatable bonds is 4. The van der Waals surface area contributed by atoms with Gasteiger partial charge < -0.3 is 24.8 Å². The first kappa shape index (κ1) is 22.3. The van der Waals surface area contributed by atoms with Gasteiger partial charge in [-0.25, -0.2) is 9.97 Å². The van der Waals surface area contributed by atoms with Gasteiger partial charge in [-0.15, -0.1) is 0 Å². The fourth-order valence-corrected chi connectivity index (χ4v) is 5.04. The third-order valence-electron chi connectivity index (χ3n) is 7.14. The first-order chi connectivity index (χ1) is 17.4. The first-order valence-corrected chi connectivity index (χ1v) is 12.0. The first-order valence-electron chi connectivity index (χ1n) is 12.0. The summed E-state index contributed by atoms with van der Waals surface area (Å²) in [6.45, 7) is 3.07. The Morgan fingerprint density at radius 2 is 1.86 bits per heavy atom. The van der Waals surface area contributed by atoms with Gasteiger partial charge in [0, 0.05) is 91.7 Å². The van der Waals surface area contributed by atoms with E-state index in [9.17, 15) is 9.59 Å². The summed E-state index contributed by atoms with van der Waals surface area (Å²) in [5, 5.41) is 8.90. The number of benzene rings is 1. The average Bonchev–Trinajstić information content (AvgIpc) is 3.57. The summed E-state index contributed by atoms with van der Waals surface area (Å²) in [7, 11) is 5.99. The molecule has 0 bridgehead atoms. The minimum atomic E-state index is -0.266. The predicted octanol–water partition coefficient (Wildman–Crippen LogP) is 2.11. The Bertz CT molecular complexity index is 1630. The molecule has 2 amide bonds. The lowest BCUT2D eigenvalue weighted by Gasteiger charge is -2.32. The van der Waals surface area contributed by atoms with Gasteiger partial charge in [-0.05, 0) is 31.3 Å². The fraction of sp³-hybridized carbons (Fsp3) is 0.308. The van der Waals surface area contributed by atoms with Gasteiger partial charge in [-0.2, -0.15) is 0 Å². The molecule has 0 atom stereocenters. The predicted molar refractivity (Wildman–Crippen MR) is 139 cm³/mol. The minimum Gasteiger partial charge on any atom is -0.350 e. The molecule has 184 valence electrons. The largest absolute Gasteiger partial charge is 0.350 e. The van der Waals surface area contributed by atoms with Gasteiger partial charge in [-0.1, -0.05) is 0 Å². The topological polar surface area (TPSA) is 104 Å². The molecule has 0 unspecified atom stereocenters. The molecule has 5 heterocycles. The van der Waals surface area contributed by atoms with E-state index in [4.69, 9.17) is 4.98 Å². The Hall–Kier alpha value is -4.18. The molecule has 0 spiro atoms. The summed E-state index contributed by atoms with van der Waals surface area (Å²) in [4.78, 5) is 38.8. The Labute approximate surface area is 207 Å². The van der Waals surface area contributed by atoms with Crippen LogP contribution >= 0.6 is 0 Å². The number of nitrogens with one attached hydrogen (secondary N) is 2. The standard InChI is InChI=1S/C26H28N8O2/c1-31-6-8-34(9-7-31)23(35)14-28-26(36)16-4-5-22-18(10-16)20(15-32(22)2)21-11-19-24-17(13-29-33(24)3)12-27-25(19)30-21/h4-5,10-13,15,29H,6-9,14H2,1-3H3,(H,28,36). The number of carbonyl (C=O) groups excluding carboxylic acids is 2. The van der Waals surface area contributed by atoms with E-state index in [-0.39, 0.29) is 18.4 Å². The van der Waals surface area contributed by atoms with Crippen LogP contribution in [0.4, 0.5) is 0 Å². The molecule has 0 aliphatic carbocycles. The average molecular weight is 485 g/mol. The van der Waals surface area contributed by atoms with Crippen molar-refractivity contribution >= 4 is 44.7 Å². The molecule has 1 aromatic carbocycles. The molecule has 6 rings (SSSR count). The smallest absolute Gasteiger partial charge is 0.251 e. The zero-order valence-corrected chi connectivity index (χ0v) is 20.6. The van der Waals surface area contributed by atoms with Gasteiger partial charge in [0.1, 0.15) is 0 Å². The van der Waals surface area contributed by atoms with Gasteiger partial charge in [-0.3, -0.25) is 14.3 Å². The fourth-order valence-electron chi connectivity index (χ4n) is 5.04. The molecule has 1 aliphatic heterocycles. The van der Waals surface area contributed by atoms with Crippen molar-refractivity contribution in [3.05, 3.63) is 48.4 Å². The number of amides is 2. The number of hydrogen-bond donors (Lipinski definition) is 2. The molecule has 10 nitrogen and oxygen atoms in total. The van der Waals surface area contributed by atoms with Crippen LogP contribution in [-0.4, -0.2) is 85.7 Å². The lowest BCUT2D eigenvalue weighted by Crippen LogP contribution is -2.50. The number of piperazine rings is 1. The second-order valence-corrected chi connectivity index (χ2v) is 9.53. The van der Waals surface area contributed by atoms with Crippen LogP contribution in [0.25, 0.3) is 44.1 Å². The van der Waals surface area contributed by atoms with E-state index in [1.807, 2.05) is 61.1 Å². The monoisotopic (exact) mass is 484 g/mol. The third kappa shape index (κ3) is 3.70. The summed E-state index contributed by atoms with van der Waals surface area (Å²) < 4.78 is 3.99. The molecule has 4 aromatic heterocycles. The van der Waals surface area contributed by atoms with Crippen molar-refractivity contribution in [1.29, 1.82) is 0 Å². The van der Waals surface area contributed by atoms with Gasteiger partial charge in [0.15, 0.2) is 5.65 Å². The number of aryl methyl sites for hydroxylation is 2. The highest BCUT2D eigenvalue weighted by Gasteiger charge is 2.20. The number of nitrogens with zero attached hydrogens (tertiary/aromatic N) is 6. The summed E-state index contributed by atoms with van der Waals surface area (Å²) in [6.07, 6.45) is 5.77. The molecular formula is C26H28N8O2. The Morgan fingerprint density at radius 3 is 2.67 bits per heavy atom. The van der Waals surface area contributed by atoms with E-state index in [1.165, 1.54) is 0 Å². The summed E-state index contributed by atoms with van der Waals surface area (Å²) in [5.74, 6) is -0.320. The van der Waals surface area contributed by atoms with Crippen LogP contribution in [0.1, 0.15) is 10.4 Å². The molecular weight excluding hydrogens is 456 g/mol. The quantitative estimate of drug-likeness (QED) is 0.407. The number of hydrogen-bond acceptors (Lipinski definition) is 5. The van der Waals surface area contributed by atoms with Crippen LogP contribution in [0.5, 0.6) is 0 Å². The van der Waals surface area contributed by atoms with Crippen LogP contribution in [0, 0.1) is 0 Å². The normalized spacial score (nSPS) is 14.8. The lowest BCUT2D eigenvalue weighted by molar-refractivity contribution is -0.131. The van der Waals surface area contributed by atoms with Crippen molar-refractivity contribution in [1.82, 2.24) is 39.4 Å². The van der Waals surface area contributed by atoms with Crippen molar-refractivity contribution in [2.24, 2.45) is 14.1 Å². The zero-order valence-electron chi connectivity index (χ0n) is 20.6. The molecule has 0 radical (unpaired) electrons. The highest BCUT2D eigenvalue weighted by molar-refractivity contribution is 6.07. The second-order valence-electron chi connectivity index (χ2n) is 9.53. The van der Waals surface area contributed by atoms with Crippen LogP contribution < -0.4 is 5.32 Å². The Kier molecular flexibility index (Phi) is 5.26. The number of H-pyrrole nitrogens is 1. The van der Waals surface area contributed by atoms with Crippen LogP contribution in [0.3, 0.4) is 0 Å². The number of likely N-dealkylation sites (N-methyl/N-ethyl adjacent to an activating group) is 1. The molecule has 0 saturated carbocycles. The number of aromatic amines is 1. The maximum Gasteiger partial charge on any atom is 0.251 e. The highest BCUT2D eigenvalue weighted by Crippen LogP contribution is 2.34. The van der Waals surface area contributed by atoms with E-state index in [0.717, 1.165) is 51.5 Å². The number of pyridine rings is 1. The number of aromatic nitrogens is 5. The maximum atomic E-state index is 12.9. The van der Waals surface area contributed by atoms with Crippen molar-refractivity contribution in [2.45, 2.75) is 0 Å². The Morgan fingerprint density at radius 1 is 1.06 bits per heavy atom. The van der Waals surface area contributed by atoms with Gasteiger partial charge in [0.2, 0.25) is 5.91 Å². The van der Waals surface area contributed by atoms with Gasteiger partial charge in [0.05, 0.1) is 17.8 Å². The summed E-state index contributed by atoms with van der Waals surface area (Å²) >= 11 is 0. The highest BCUT2D eigenvalue weighted by atomic mass is 16.2. The van der Waals surface area contributed by atoms with Crippen LogP contribution in [-0.2, 0) is 18.9 Å². The van der Waals surface area contributed by atoms with Crippen molar-refractivity contribution in [3.8, 4) is 11.3 Å².